The van der Waals surface area contributed by atoms with Crippen LogP contribution < -0.4 is 5.32 Å². The molecule has 28 heavy (non-hydrogen) atoms. The minimum atomic E-state index is -0.283. The molecule has 0 aliphatic rings. The number of hydrogen-bond donors (Lipinski definition) is 1. The van der Waals surface area contributed by atoms with Crippen LogP contribution in [0.4, 0.5) is 5.95 Å². The SMILES string of the molecule is Cc1ccccc1-n1ncc(C(=O)Nc2ncn(Cc3ccccc3)n2)c1C. The third-order valence-electron chi connectivity index (χ3n) is 4.55. The summed E-state index contributed by atoms with van der Waals surface area (Å²) in [5.74, 6) is -0.0150. The summed E-state index contributed by atoms with van der Waals surface area (Å²) in [6, 6.07) is 17.9. The fourth-order valence-electron chi connectivity index (χ4n) is 3.04. The molecule has 0 unspecified atom stereocenters. The summed E-state index contributed by atoms with van der Waals surface area (Å²) >= 11 is 0. The Morgan fingerprint density at radius 1 is 1.04 bits per heavy atom. The lowest BCUT2D eigenvalue weighted by Crippen LogP contribution is -2.14. The molecular formula is C21H20N6O. The van der Waals surface area contributed by atoms with Gasteiger partial charge in [0.1, 0.15) is 6.33 Å². The number of benzene rings is 2. The molecule has 140 valence electrons. The van der Waals surface area contributed by atoms with Gasteiger partial charge in [-0.1, -0.05) is 48.5 Å². The number of carbonyl (C=O) groups is 1. The zero-order chi connectivity index (χ0) is 19.5. The van der Waals surface area contributed by atoms with Crippen LogP contribution in [-0.2, 0) is 6.54 Å². The number of hydrogen-bond acceptors (Lipinski definition) is 4. The largest absolute Gasteiger partial charge is 0.289 e. The van der Waals surface area contributed by atoms with E-state index in [9.17, 15) is 4.79 Å². The molecule has 0 radical (unpaired) electrons. The normalized spacial score (nSPS) is 10.8. The van der Waals surface area contributed by atoms with E-state index in [2.05, 4.69) is 20.5 Å². The molecule has 4 rings (SSSR count). The van der Waals surface area contributed by atoms with Gasteiger partial charge in [0.25, 0.3) is 5.91 Å². The average molecular weight is 372 g/mol. The molecule has 0 bridgehead atoms. The minimum absolute atomic E-state index is 0.268. The van der Waals surface area contributed by atoms with Gasteiger partial charge in [0.15, 0.2) is 0 Å². The second-order valence-electron chi connectivity index (χ2n) is 6.55. The number of aromatic nitrogens is 5. The highest BCUT2D eigenvalue weighted by Crippen LogP contribution is 2.18. The van der Waals surface area contributed by atoms with Crippen LogP contribution in [0, 0.1) is 13.8 Å². The third-order valence-corrected chi connectivity index (χ3v) is 4.55. The van der Waals surface area contributed by atoms with Crippen LogP contribution in [0.3, 0.4) is 0 Å². The topological polar surface area (TPSA) is 77.6 Å². The van der Waals surface area contributed by atoms with Crippen molar-refractivity contribution in [1.82, 2.24) is 24.5 Å². The molecule has 2 heterocycles. The van der Waals surface area contributed by atoms with Crippen molar-refractivity contribution >= 4 is 11.9 Å². The zero-order valence-corrected chi connectivity index (χ0v) is 15.7. The van der Waals surface area contributed by atoms with Crippen molar-refractivity contribution in [2.75, 3.05) is 5.32 Å². The Kier molecular flexibility index (Phi) is 4.72. The molecule has 7 nitrogen and oxygen atoms in total. The van der Waals surface area contributed by atoms with Crippen molar-refractivity contribution in [2.45, 2.75) is 20.4 Å². The van der Waals surface area contributed by atoms with Gasteiger partial charge in [0, 0.05) is 0 Å². The quantitative estimate of drug-likeness (QED) is 0.583. The molecule has 0 aliphatic carbocycles. The maximum Gasteiger partial charge on any atom is 0.261 e. The lowest BCUT2D eigenvalue weighted by molar-refractivity contribution is 0.102. The maximum absolute atomic E-state index is 12.7. The van der Waals surface area contributed by atoms with Gasteiger partial charge in [-0.25, -0.2) is 14.3 Å². The van der Waals surface area contributed by atoms with Crippen LogP contribution in [0.1, 0.15) is 27.2 Å². The summed E-state index contributed by atoms with van der Waals surface area (Å²) in [7, 11) is 0. The standard InChI is InChI=1S/C21H20N6O/c1-15-8-6-7-11-19(15)27-16(2)18(12-23-27)20(28)24-21-22-14-26(25-21)13-17-9-4-3-5-10-17/h3-12,14H,13H2,1-2H3,(H,24,25,28). The highest BCUT2D eigenvalue weighted by molar-refractivity contribution is 6.04. The van der Waals surface area contributed by atoms with Crippen LogP contribution in [0.5, 0.6) is 0 Å². The number of carbonyl (C=O) groups excluding carboxylic acids is 1. The molecule has 0 atom stereocenters. The summed E-state index contributed by atoms with van der Waals surface area (Å²) in [6.07, 6.45) is 3.17. The summed E-state index contributed by atoms with van der Waals surface area (Å²) < 4.78 is 3.46. The van der Waals surface area contributed by atoms with Crippen molar-refractivity contribution in [3.8, 4) is 5.69 Å². The smallest absolute Gasteiger partial charge is 0.261 e. The van der Waals surface area contributed by atoms with Crippen molar-refractivity contribution in [1.29, 1.82) is 0 Å². The molecule has 0 aliphatic heterocycles. The highest BCUT2D eigenvalue weighted by Gasteiger charge is 2.17. The Labute approximate surface area is 162 Å². The molecular weight excluding hydrogens is 352 g/mol. The van der Waals surface area contributed by atoms with E-state index in [1.807, 2.05) is 68.4 Å². The van der Waals surface area contributed by atoms with Gasteiger partial charge in [-0.05, 0) is 31.0 Å². The van der Waals surface area contributed by atoms with Crippen LogP contribution in [0.25, 0.3) is 5.69 Å². The summed E-state index contributed by atoms with van der Waals surface area (Å²) in [5, 5.41) is 11.5. The van der Waals surface area contributed by atoms with Gasteiger partial charge in [-0.3, -0.25) is 10.1 Å². The number of anilines is 1. The summed E-state index contributed by atoms with van der Waals surface area (Å²) in [6.45, 7) is 4.48. The number of para-hydroxylation sites is 1. The molecule has 2 aromatic carbocycles. The van der Waals surface area contributed by atoms with Gasteiger partial charge >= 0.3 is 0 Å². The van der Waals surface area contributed by atoms with E-state index in [0.717, 1.165) is 22.5 Å². The lowest BCUT2D eigenvalue weighted by atomic mass is 10.2. The Morgan fingerprint density at radius 2 is 1.79 bits per heavy atom. The number of amides is 1. The Hall–Kier alpha value is -3.74. The van der Waals surface area contributed by atoms with E-state index in [1.54, 1.807) is 21.9 Å². The second kappa shape index (κ2) is 7.48. The molecule has 0 saturated carbocycles. The van der Waals surface area contributed by atoms with Gasteiger partial charge < -0.3 is 0 Å². The molecule has 0 spiro atoms. The van der Waals surface area contributed by atoms with Crippen LogP contribution >= 0.6 is 0 Å². The van der Waals surface area contributed by atoms with Crippen molar-refractivity contribution in [3.05, 3.63) is 89.5 Å². The molecule has 0 fully saturated rings. The molecule has 1 N–H and O–H groups in total. The molecule has 7 heteroatoms. The van der Waals surface area contributed by atoms with E-state index in [0.29, 0.717) is 12.1 Å². The highest BCUT2D eigenvalue weighted by atomic mass is 16.1. The fourth-order valence-corrected chi connectivity index (χ4v) is 3.04. The third kappa shape index (κ3) is 3.55. The van der Waals surface area contributed by atoms with Gasteiger partial charge in [0.05, 0.1) is 29.7 Å². The molecule has 1 amide bonds. The first kappa shape index (κ1) is 17.7. The number of aryl methyl sites for hydroxylation is 1. The monoisotopic (exact) mass is 372 g/mol. The first-order chi connectivity index (χ1) is 13.6. The summed E-state index contributed by atoms with van der Waals surface area (Å²) in [5.41, 5.74) is 4.39. The minimum Gasteiger partial charge on any atom is -0.289 e. The lowest BCUT2D eigenvalue weighted by Gasteiger charge is -2.08. The Balaban J connectivity index is 1.50. The Bertz CT molecular complexity index is 1110. The molecule has 0 saturated heterocycles. The van der Waals surface area contributed by atoms with Gasteiger partial charge in [-0.2, -0.15) is 5.10 Å². The van der Waals surface area contributed by atoms with E-state index in [4.69, 9.17) is 0 Å². The maximum atomic E-state index is 12.7. The number of rotatable bonds is 5. The van der Waals surface area contributed by atoms with E-state index in [1.165, 1.54) is 0 Å². The van der Waals surface area contributed by atoms with E-state index in [-0.39, 0.29) is 11.9 Å². The second-order valence-corrected chi connectivity index (χ2v) is 6.55. The van der Waals surface area contributed by atoms with Crippen molar-refractivity contribution in [2.24, 2.45) is 0 Å². The van der Waals surface area contributed by atoms with Gasteiger partial charge in [-0.15, -0.1) is 5.10 Å². The first-order valence-electron chi connectivity index (χ1n) is 8.97. The number of nitrogens with zero attached hydrogens (tertiary/aromatic N) is 5. The fraction of sp³-hybridized carbons (Fsp3) is 0.143. The zero-order valence-electron chi connectivity index (χ0n) is 15.7. The van der Waals surface area contributed by atoms with Gasteiger partial charge in [0.2, 0.25) is 5.95 Å². The van der Waals surface area contributed by atoms with E-state index >= 15 is 0 Å². The van der Waals surface area contributed by atoms with Crippen molar-refractivity contribution < 1.29 is 4.79 Å². The molecule has 2 aromatic heterocycles. The van der Waals surface area contributed by atoms with Crippen molar-refractivity contribution in [3.63, 3.8) is 0 Å². The van der Waals surface area contributed by atoms with Crippen LogP contribution in [-0.4, -0.2) is 30.5 Å². The first-order valence-corrected chi connectivity index (χ1v) is 8.97. The Morgan fingerprint density at radius 3 is 2.57 bits per heavy atom. The molecule has 4 aromatic rings. The van der Waals surface area contributed by atoms with Crippen LogP contribution in [0.2, 0.25) is 0 Å². The van der Waals surface area contributed by atoms with Crippen LogP contribution in [0.15, 0.2) is 67.1 Å². The predicted molar refractivity (Wildman–Crippen MR) is 107 cm³/mol. The van der Waals surface area contributed by atoms with E-state index < -0.39 is 0 Å². The summed E-state index contributed by atoms with van der Waals surface area (Å²) in [4.78, 5) is 16.9. The average Bonchev–Trinajstić information content (AvgIpc) is 3.29. The number of nitrogens with one attached hydrogen (secondary N) is 1. The predicted octanol–water partition coefficient (Wildman–Crippen LogP) is 3.38.